The van der Waals surface area contributed by atoms with Crippen LogP contribution in [0, 0.1) is 6.92 Å². The molecule has 0 unspecified atom stereocenters. The zero-order valence-electron chi connectivity index (χ0n) is 11.1. The van der Waals surface area contributed by atoms with Gasteiger partial charge in [-0.05, 0) is 30.0 Å². The number of thiophene rings is 1. The van der Waals surface area contributed by atoms with E-state index in [0.29, 0.717) is 5.56 Å². The summed E-state index contributed by atoms with van der Waals surface area (Å²) < 4.78 is 31.9. The fraction of sp³-hybridized carbons (Fsp3) is 0.167. The van der Waals surface area contributed by atoms with Crippen LogP contribution in [0.3, 0.4) is 0 Å². The van der Waals surface area contributed by atoms with Gasteiger partial charge in [0.25, 0.3) is 10.0 Å². The molecule has 112 valence electrons. The van der Waals surface area contributed by atoms with Crippen molar-refractivity contribution in [1.29, 1.82) is 0 Å². The highest BCUT2D eigenvalue weighted by Gasteiger charge is 2.28. The van der Waals surface area contributed by atoms with Gasteiger partial charge in [0.2, 0.25) is 0 Å². The third kappa shape index (κ3) is 3.17. The minimum atomic E-state index is -3.97. The normalized spacial score (nSPS) is 11.2. The summed E-state index contributed by atoms with van der Waals surface area (Å²) in [6.07, 6.45) is 1.44. The number of methoxy groups -OCH3 is 1. The van der Waals surface area contributed by atoms with Gasteiger partial charge < -0.3 is 4.74 Å². The molecule has 0 spiro atoms. The smallest absolute Gasteiger partial charge is 0.349 e. The number of ether oxygens (including phenoxy) is 1. The Morgan fingerprint density at radius 2 is 2.19 bits per heavy atom. The molecular formula is C12H11ClN2O4S2. The molecule has 0 aliphatic carbocycles. The fourth-order valence-corrected chi connectivity index (χ4v) is 4.66. The standard InChI is InChI=1S/C12H11ClN2O4S2/c1-7-6-20-9(12(16)19-2)10(7)21(17,18)15-8-4-3-5-14-11(8)13/h3-6,15H,1-2H3. The van der Waals surface area contributed by atoms with Crippen LogP contribution in [-0.4, -0.2) is 26.5 Å². The number of halogens is 1. The van der Waals surface area contributed by atoms with Crippen LogP contribution >= 0.6 is 22.9 Å². The number of aromatic nitrogens is 1. The average Bonchev–Trinajstić information content (AvgIpc) is 2.83. The topological polar surface area (TPSA) is 85.4 Å². The summed E-state index contributed by atoms with van der Waals surface area (Å²) in [7, 11) is -2.78. The summed E-state index contributed by atoms with van der Waals surface area (Å²) in [5, 5.41) is 1.60. The maximum Gasteiger partial charge on any atom is 0.349 e. The summed E-state index contributed by atoms with van der Waals surface area (Å²) in [5.74, 6) is -0.703. The molecule has 9 heteroatoms. The number of nitrogens with one attached hydrogen (secondary N) is 1. The van der Waals surface area contributed by atoms with E-state index < -0.39 is 16.0 Å². The van der Waals surface area contributed by atoms with Gasteiger partial charge in [-0.3, -0.25) is 4.72 Å². The molecule has 2 rings (SSSR count). The Morgan fingerprint density at radius 1 is 1.48 bits per heavy atom. The van der Waals surface area contributed by atoms with E-state index in [1.54, 1.807) is 18.4 Å². The minimum Gasteiger partial charge on any atom is -0.465 e. The second-order valence-electron chi connectivity index (χ2n) is 4.02. The molecule has 0 radical (unpaired) electrons. The van der Waals surface area contributed by atoms with Crippen molar-refractivity contribution < 1.29 is 17.9 Å². The van der Waals surface area contributed by atoms with E-state index in [1.165, 1.54) is 19.4 Å². The monoisotopic (exact) mass is 346 g/mol. The third-order valence-electron chi connectivity index (χ3n) is 2.56. The molecule has 0 aliphatic heterocycles. The lowest BCUT2D eigenvalue weighted by Crippen LogP contribution is -2.17. The molecule has 0 atom stereocenters. The summed E-state index contributed by atoms with van der Waals surface area (Å²) in [5.41, 5.74) is 0.591. The SMILES string of the molecule is COC(=O)c1scc(C)c1S(=O)(=O)Nc1cccnc1Cl. The predicted molar refractivity (Wildman–Crippen MR) is 80.5 cm³/mol. The summed E-state index contributed by atoms with van der Waals surface area (Å²) in [4.78, 5) is 15.4. The van der Waals surface area contributed by atoms with Crippen LogP contribution in [0.25, 0.3) is 0 Å². The van der Waals surface area contributed by atoms with E-state index in [9.17, 15) is 13.2 Å². The van der Waals surface area contributed by atoms with Crippen molar-refractivity contribution in [2.24, 2.45) is 0 Å². The van der Waals surface area contributed by atoms with Crippen LogP contribution in [0.5, 0.6) is 0 Å². The Balaban J connectivity index is 2.48. The number of anilines is 1. The van der Waals surface area contributed by atoms with E-state index in [-0.39, 0.29) is 20.6 Å². The van der Waals surface area contributed by atoms with Gasteiger partial charge in [0.1, 0.15) is 9.77 Å². The Bertz CT molecular complexity index is 786. The molecule has 0 fully saturated rings. The number of carbonyl (C=O) groups is 1. The van der Waals surface area contributed by atoms with Crippen molar-refractivity contribution in [3.63, 3.8) is 0 Å². The van der Waals surface area contributed by atoms with Gasteiger partial charge in [0.05, 0.1) is 12.8 Å². The van der Waals surface area contributed by atoms with Crippen LogP contribution in [0.15, 0.2) is 28.6 Å². The molecule has 0 saturated carbocycles. The molecular weight excluding hydrogens is 336 g/mol. The Labute approximate surface area is 130 Å². The number of rotatable bonds is 4. The number of pyridine rings is 1. The van der Waals surface area contributed by atoms with Crippen LogP contribution in [0.2, 0.25) is 5.15 Å². The molecule has 0 amide bonds. The first-order chi connectivity index (χ1) is 9.86. The first-order valence-corrected chi connectivity index (χ1v) is 8.40. The lowest BCUT2D eigenvalue weighted by molar-refractivity contribution is 0.0602. The van der Waals surface area contributed by atoms with Crippen LogP contribution < -0.4 is 4.72 Å². The van der Waals surface area contributed by atoms with Crippen molar-refractivity contribution in [1.82, 2.24) is 4.98 Å². The predicted octanol–water partition coefficient (Wildman–Crippen LogP) is 2.69. The number of esters is 1. The molecule has 2 heterocycles. The highest BCUT2D eigenvalue weighted by molar-refractivity contribution is 7.93. The fourth-order valence-electron chi connectivity index (χ4n) is 1.66. The molecule has 6 nitrogen and oxygen atoms in total. The van der Waals surface area contributed by atoms with Gasteiger partial charge in [-0.25, -0.2) is 18.2 Å². The summed E-state index contributed by atoms with van der Waals surface area (Å²) in [6, 6.07) is 3.03. The minimum absolute atomic E-state index is 0.0162. The number of carbonyl (C=O) groups excluding carboxylic acids is 1. The van der Waals surface area contributed by atoms with Gasteiger partial charge in [0, 0.05) is 6.20 Å². The van der Waals surface area contributed by atoms with E-state index >= 15 is 0 Å². The third-order valence-corrected chi connectivity index (χ3v) is 5.62. The lowest BCUT2D eigenvalue weighted by atomic mass is 10.3. The molecule has 21 heavy (non-hydrogen) atoms. The molecule has 0 aliphatic rings. The van der Waals surface area contributed by atoms with Gasteiger partial charge >= 0.3 is 5.97 Å². The molecule has 1 N–H and O–H groups in total. The zero-order valence-corrected chi connectivity index (χ0v) is 13.5. The molecule has 0 aromatic carbocycles. The van der Waals surface area contributed by atoms with Crippen molar-refractivity contribution >= 4 is 44.6 Å². The molecule has 0 bridgehead atoms. The van der Waals surface area contributed by atoms with Crippen LogP contribution in [0.4, 0.5) is 5.69 Å². The molecule has 2 aromatic rings. The summed E-state index contributed by atoms with van der Waals surface area (Å²) >= 11 is 6.84. The van der Waals surface area contributed by atoms with Crippen LogP contribution in [-0.2, 0) is 14.8 Å². The highest BCUT2D eigenvalue weighted by atomic mass is 35.5. The number of hydrogen-bond acceptors (Lipinski definition) is 6. The number of aryl methyl sites for hydroxylation is 1. The Hall–Kier alpha value is -1.64. The second-order valence-corrected chi connectivity index (χ2v) is 6.87. The lowest BCUT2D eigenvalue weighted by Gasteiger charge is -2.10. The second kappa shape index (κ2) is 6.00. The van der Waals surface area contributed by atoms with Crippen molar-refractivity contribution in [3.05, 3.63) is 39.3 Å². The highest BCUT2D eigenvalue weighted by Crippen LogP contribution is 2.30. The zero-order chi connectivity index (χ0) is 15.6. The van der Waals surface area contributed by atoms with Crippen molar-refractivity contribution in [3.8, 4) is 0 Å². The van der Waals surface area contributed by atoms with Gasteiger partial charge in [-0.1, -0.05) is 11.6 Å². The first-order valence-electron chi connectivity index (χ1n) is 5.66. The Morgan fingerprint density at radius 3 is 2.81 bits per heavy atom. The number of sulfonamides is 1. The van der Waals surface area contributed by atoms with Crippen LogP contribution in [0.1, 0.15) is 15.2 Å². The van der Waals surface area contributed by atoms with Gasteiger partial charge in [0.15, 0.2) is 5.15 Å². The van der Waals surface area contributed by atoms with Crippen molar-refractivity contribution in [2.45, 2.75) is 11.8 Å². The van der Waals surface area contributed by atoms with Crippen molar-refractivity contribution in [2.75, 3.05) is 11.8 Å². The quantitative estimate of drug-likeness (QED) is 0.679. The summed E-state index contributed by atoms with van der Waals surface area (Å²) in [6.45, 7) is 1.60. The first kappa shape index (κ1) is 15.7. The van der Waals surface area contributed by atoms with E-state index in [0.717, 1.165) is 11.3 Å². The number of hydrogen-bond donors (Lipinski definition) is 1. The van der Waals surface area contributed by atoms with E-state index in [4.69, 9.17) is 11.6 Å². The van der Waals surface area contributed by atoms with E-state index in [1.807, 2.05) is 0 Å². The largest absolute Gasteiger partial charge is 0.465 e. The van der Waals surface area contributed by atoms with Gasteiger partial charge in [-0.2, -0.15) is 0 Å². The van der Waals surface area contributed by atoms with Gasteiger partial charge in [-0.15, -0.1) is 11.3 Å². The maximum absolute atomic E-state index is 12.5. The number of nitrogens with zero attached hydrogens (tertiary/aromatic N) is 1. The maximum atomic E-state index is 12.5. The Kier molecular flexibility index (Phi) is 4.50. The van der Waals surface area contributed by atoms with E-state index in [2.05, 4.69) is 14.4 Å². The molecule has 2 aromatic heterocycles. The molecule has 0 saturated heterocycles. The average molecular weight is 347 g/mol.